The van der Waals surface area contributed by atoms with Gasteiger partial charge in [0.15, 0.2) is 0 Å². The van der Waals surface area contributed by atoms with Crippen LogP contribution in [0.25, 0.3) is 0 Å². The molecular formula is C11H19Cl2FN2. The van der Waals surface area contributed by atoms with Crippen LogP contribution < -0.4 is 11.5 Å². The Hall–Kier alpha value is -0.350. The quantitative estimate of drug-likeness (QED) is 0.878. The van der Waals surface area contributed by atoms with Crippen molar-refractivity contribution in [3.63, 3.8) is 0 Å². The van der Waals surface area contributed by atoms with Crippen LogP contribution in [0.4, 0.5) is 4.39 Å². The molecule has 5 heteroatoms. The van der Waals surface area contributed by atoms with Crippen LogP contribution in [0.5, 0.6) is 0 Å². The van der Waals surface area contributed by atoms with E-state index in [4.69, 9.17) is 11.5 Å². The summed E-state index contributed by atoms with van der Waals surface area (Å²) in [4.78, 5) is 0. The summed E-state index contributed by atoms with van der Waals surface area (Å²) in [6.07, 6.45) is 0.292. The molecule has 1 aromatic carbocycles. The number of halogens is 3. The topological polar surface area (TPSA) is 52.0 Å². The van der Waals surface area contributed by atoms with Gasteiger partial charge in [-0.25, -0.2) is 4.39 Å². The highest BCUT2D eigenvalue weighted by atomic mass is 35.5. The van der Waals surface area contributed by atoms with E-state index in [1.807, 2.05) is 31.2 Å². The molecule has 4 N–H and O–H groups in total. The molecule has 0 heterocycles. The second-order valence-corrected chi connectivity index (χ2v) is 3.72. The maximum atomic E-state index is 13.8. The maximum Gasteiger partial charge on any atom is 0.139 e. The standard InChI is InChI=1S/C11H17FN2.2ClH/c1-9-2-4-10(5-3-9)6-11(12,7-13)8-14;;/h2-5H,6-8,13-14H2,1H3;2*1H. The zero-order valence-corrected chi connectivity index (χ0v) is 10.9. The first-order valence-electron chi connectivity index (χ1n) is 4.74. The van der Waals surface area contributed by atoms with Crippen LogP contribution in [0.1, 0.15) is 11.1 Å². The van der Waals surface area contributed by atoms with Gasteiger partial charge in [-0.05, 0) is 12.5 Å². The smallest absolute Gasteiger partial charge is 0.139 e. The van der Waals surface area contributed by atoms with Crippen LogP contribution >= 0.6 is 24.8 Å². The number of hydrogen-bond donors (Lipinski definition) is 2. The Morgan fingerprint density at radius 3 is 1.88 bits per heavy atom. The SMILES string of the molecule is Cc1ccc(CC(F)(CN)CN)cc1.Cl.Cl. The highest BCUT2D eigenvalue weighted by Gasteiger charge is 2.26. The van der Waals surface area contributed by atoms with E-state index in [2.05, 4.69) is 0 Å². The summed E-state index contributed by atoms with van der Waals surface area (Å²) in [5.74, 6) is 0. The lowest BCUT2D eigenvalue weighted by molar-refractivity contribution is 0.184. The highest BCUT2D eigenvalue weighted by molar-refractivity contribution is 5.85. The molecule has 0 bridgehead atoms. The molecule has 0 atom stereocenters. The van der Waals surface area contributed by atoms with Gasteiger partial charge in [0.25, 0.3) is 0 Å². The summed E-state index contributed by atoms with van der Waals surface area (Å²) in [5.41, 5.74) is 11.3. The van der Waals surface area contributed by atoms with E-state index in [-0.39, 0.29) is 37.9 Å². The number of hydrogen-bond acceptors (Lipinski definition) is 2. The number of benzene rings is 1. The van der Waals surface area contributed by atoms with Crippen LogP contribution in [0.3, 0.4) is 0 Å². The molecule has 0 aromatic heterocycles. The average Bonchev–Trinajstić information content (AvgIpc) is 2.21. The third-order valence-corrected chi connectivity index (χ3v) is 2.37. The molecule has 94 valence electrons. The lowest BCUT2D eigenvalue weighted by atomic mass is 9.96. The van der Waals surface area contributed by atoms with Crippen LogP contribution in [0.2, 0.25) is 0 Å². The molecule has 0 radical (unpaired) electrons. The minimum Gasteiger partial charge on any atom is -0.327 e. The Bertz CT molecular complexity index is 287. The van der Waals surface area contributed by atoms with Gasteiger partial charge in [-0.15, -0.1) is 24.8 Å². The first-order chi connectivity index (χ1) is 6.59. The Kier molecular flexibility index (Phi) is 8.84. The van der Waals surface area contributed by atoms with Crippen molar-refractivity contribution < 1.29 is 4.39 Å². The fourth-order valence-corrected chi connectivity index (χ4v) is 1.30. The molecule has 0 spiro atoms. The van der Waals surface area contributed by atoms with E-state index in [1.54, 1.807) is 0 Å². The normalized spacial score (nSPS) is 10.2. The van der Waals surface area contributed by atoms with Crippen molar-refractivity contribution >= 4 is 24.8 Å². The average molecular weight is 269 g/mol. The van der Waals surface area contributed by atoms with E-state index in [9.17, 15) is 4.39 Å². The van der Waals surface area contributed by atoms with Crippen LogP contribution in [0, 0.1) is 6.92 Å². The Balaban J connectivity index is 0. The summed E-state index contributed by atoms with van der Waals surface area (Å²) in [5, 5.41) is 0. The predicted octanol–water partition coefficient (Wildman–Crippen LogP) is 2.01. The van der Waals surface area contributed by atoms with Crippen molar-refractivity contribution in [2.45, 2.75) is 19.0 Å². The monoisotopic (exact) mass is 268 g/mol. The predicted molar refractivity (Wildman–Crippen MR) is 71.3 cm³/mol. The van der Waals surface area contributed by atoms with Gasteiger partial charge in [0.1, 0.15) is 5.67 Å². The van der Waals surface area contributed by atoms with Crippen LogP contribution in [-0.2, 0) is 6.42 Å². The molecule has 0 aliphatic heterocycles. The third-order valence-electron chi connectivity index (χ3n) is 2.37. The molecule has 0 aliphatic rings. The second kappa shape index (κ2) is 7.85. The number of nitrogens with two attached hydrogens (primary N) is 2. The lowest BCUT2D eigenvalue weighted by Gasteiger charge is -2.21. The van der Waals surface area contributed by atoms with Gasteiger partial charge in [-0.1, -0.05) is 29.8 Å². The largest absolute Gasteiger partial charge is 0.327 e. The maximum absolute atomic E-state index is 13.8. The Morgan fingerprint density at radius 2 is 1.50 bits per heavy atom. The number of alkyl halides is 1. The van der Waals surface area contributed by atoms with E-state index in [0.29, 0.717) is 6.42 Å². The van der Waals surface area contributed by atoms with Gasteiger partial charge in [0.2, 0.25) is 0 Å². The van der Waals surface area contributed by atoms with Crippen molar-refractivity contribution in [3.05, 3.63) is 35.4 Å². The van der Waals surface area contributed by atoms with Gasteiger partial charge in [0, 0.05) is 19.5 Å². The van der Waals surface area contributed by atoms with Gasteiger partial charge in [-0.2, -0.15) is 0 Å². The van der Waals surface area contributed by atoms with E-state index >= 15 is 0 Å². The minimum absolute atomic E-state index is 0. The van der Waals surface area contributed by atoms with Crippen molar-refractivity contribution in [2.75, 3.05) is 13.1 Å². The van der Waals surface area contributed by atoms with Crippen LogP contribution in [0.15, 0.2) is 24.3 Å². The molecule has 1 aromatic rings. The summed E-state index contributed by atoms with van der Waals surface area (Å²) in [6, 6.07) is 7.75. The Morgan fingerprint density at radius 1 is 1.06 bits per heavy atom. The molecule has 1 rings (SSSR count). The van der Waals surface area contributed by atoms with Crippen molar-refractivity contribution in [1.82, 2.24) is 0 Å². The zero-order valence-electron chi connectivity index (χ0n) is 9.28. The fourth-order valence-electron chi connectivity index (χ4n) is 1.30. The first-order valence-corrected chi connectivity index (χ1v) is 4.74. The molecule has 0 fully saturated rings. The van der Waals surface area contributed by atoms with Gasteiger partial charge in [0.05, 0.1) is 0 Å². The number of rotatable bonds is 4. The second-order valence-electron chi connectivity index (χ2n) is 3.72. The van der Waals surface area contributed by atoms with E-state index in [1.165, 1.54) is 5.56 Å². The van der Waals surface area contributed by atoms with Gasteiger partial charge < -0.3 is 11.5 Å². The highest BCUT2D eigenvalue weighted by Crippen LogP contribution is 2.16. The fraction of sp³-hybridized carbons (Fsp3) is 0.455. The summed E-state index contributed by atoms with van der Waals surface area (Å²) in [6.45, 7) is 1.94. The zero-order chi connectivity index (χ0) is 10.6. The molecule has 2 nitrogen and oxygen atoms in total. The van der Waals surface area contributed by atoms with Crippen molar-refractivity contribution in [1.29, 1.82) is 0 Å². The Labute approximate surface area is 108 Å². The number of aryl methyl sites for hydroxylation is 1. The third kappa shape index (κ3) is 5.12. The van der Waals surface area contributed by atoms with E-state index in [0.717, 1.165) is 5.56 Å². The van der Waals surface area contributed by atoms with Crippen LogP contribution in [-0.4, -0.2) is 18.8 Å². The van der Waals surface area contributed by atoms with Gasteiger partial charge >= 0.3 is 0 Å². The molecule has 16 heavy (non-hydrogen) atoms. The molecule has 0 saturated heterocycles. The summed E-state index contributed by atoms with van der Waals surface area (Å²) in [7, 11) is 0. The molecule has 0 amide bonds. The minimum atomic E-state index is -1.46. The van der Waals surface area contributed by atoms with Crippen molar-refractivity contribution in [2.24, 2.45) is 11.5 Å². The first kappa shape index (κ1) is 18.0. The molecule has 0 aliphatic carbocycles. The van der Waals surface area contributed by atoms with E-state index < -0.39 is 5.67 Å². The molecule has 0 unspecified atom stereocenters. The lowest BCUT2D eigenvalue weighted by Crippen LogP contribution is -2.42. The summed E-state index contributed by atoms with van der Waals surface area (Å²) >= 11 is 0. The summed E-state index contributed by atoms with van der Waals surface area (Å²) < 4.78 is 13.8. The molecular weight excluding hydrogens is 250 g/mol. The van der Waals surface area contributed by atoms with Crippen molar-refractivity contribution in [3.8, 4) is 0 Å². The molecule has 0 saturated carbocycles. The van der Waals surface area contributed by atoms with Gasteiger partial charge in [-0.3, -0.25) is 0 Å².